The van der Waals surface area contributed by atoms with Gasteiger partial charge in [0.05, 0.1) is 18.6 Å². The normalized spacial score (nSPS) is 10.9. The van der Waals surface area contributed by atoms with E-state index in [1.54, 1.807) is 6.07 Å². The molecular weight excluding hydrogens is 243 g/mol. The van der Waals surface area contributed by atoms with Crippen molar-refractivity contribution in [2.45, 2.75) is 12.6 Å². The Balaban J connectivity index is 2.65. The van der Waals surface area contributed by atoms with Crippen LogP contribution in [0, 0.1) is 11.3 Å². The van der Waals surface area contributed by atoms with E-state index >= 15 is 0 Å². The standard InChI is InChI=1S/C10H7ClF3NO/c11-8-1-2-9(7(5-8)6-15)16-4-3-10(12,13)14/h1-2,5H,3-4H2. The van der Waals surface area contributed by atoms with E-state index < -0.39 is 19.2 Å². The first-order valence-electron chi connectivity index (χ1n) is 4.31. The Morgan fingerprint density at radius 3 is 2.62 bits per heavy atom. The molecule has 1 aromatic carbocycles. The average Bonchev–Trinajstić information content (AvgIpc) is 2.18. The van der Waals surface area contributed by atoms with E-state index in [1.807, 2.05) is 0 Å². The average molecular weight is 250 g/mol. The molecule has 0 heterocycles. The molecule has 0 saturated carbocycles. The minimum absolute atomic E-state index is 0.108. The first-order valence-corrected chi connectivity index (χ1v) is 4.69. The molecule has 0 aliphatic rings. The van der Waals surface area contributed by atoms with Crippen LogP contribution in [0.25, 0.3) is 0 Å². The molecule has 0 unspecified atom stereocenters. The number of benzene rings is 1. The molecule has 0 spiro atoms. The highest BCUT2D eigenvalue weighted by atomic mass is 35.5. The first-order chi connectivity index (χ1) is 7.42. The number of alkyl halides is 3. The maximum Gasteiger partial charge on any atom is 0.392 e. The lowest BCUT2D eigenvalue weighted by atomic mass is 10.2. The molecule has 0 fully saturated rings. The molecule has 0 bridgehead atoms. The van der Waals surface area contributed by atoms with Crippen LogP contribution in [0.4, 0.5) is 13.2 Å². The summed E-state index contributed by atoms with van der Waals surface area (Å²) in [7, 11) is 0. The summed E-state index contributed by atoms with van der Waals surface area (Å²) in [4.78, 5) is 0. The maximum atomic E-state index is 11.8. The van der Waals surface area contributed by atoms with Crippen LogP contribution >= 0.6 is 11.6 Å². The molecule has 0 atom stereocenters. The Morgan fingerprint density at radius 2 is 2.06 bits per heavy atom. The molecule has 0 saturated heterocycles. The molecule has 0 radical (unpaired) electrons. The summed E-state index contributed by atoms with van der Waals surface area (Å²) in [6, 6.07) is 5.95. The van der Waals surface area contributed by atoms with Crippen molar-refractivity contribution in [2.24, 2.45) is 0 Å². The minimum Gasteiger partial charge on any atom is -0.492 e. The van der Waals surface area contributed by atoms with Gasteiger partial charge in [-0.25, -0.2) is 0 Å². The van der Waals surface area contributed by atoms with Crippen LogP contribution in [-0.2, 0) is 0 Å². The van der Waals surface area contributed by atoms with Crippen molar-refractivity contribution < 1.29 is 17.9 Å². The number of nitrogens with zero attached hydrogens (tertiary/aromatic N) is 1. The Labute approximate surface area is 95.2 Å². The zero-order valence-electron chi connectivity index (χ0n) is 8.01. The fourth-order valence-corrected chi connectivity index (χ4v) is 1.16. The molecule has 2 nitrogen and oxygen atoms in total. The number of ether oxygens (including phenoxy) is 1. The van der Waals surface area contributed by atoms with Crippen LogP contribution in [0.2, 0.25) is 5.02 Å². The first kappa shape index (κ1) is 12.7. The lowest BCUT2D eigenvalue weighted by Gasteiger charge is -2.09. The van der Waals surface area contributed by atoms with Crippen LogP contribution in [0.5, 0.6) is 5.75 Å². The molecule has 16 heavy (non-hydrogen) atoms. The van der Waals surface area contributed by atoms with Crippen LogP contribution in [-0.4, -0.2) is 12.8 Å². The summed E-state index contributed by atoms with van der Waals surface area (Å²) in [6.07, 6.45) is -5.32. The van der Waals surface area contributed by atoms with Gasteiger partial charge in [-0.1, -0.05) is 11.6 Å². The quantitative estimate of drug-likeness (QED) is 0.821. The van der Waals surface area contributed by atoms with E-state index in [0.29, 0.717) is 5.02 Å². The van der Waals surface area contributed by atoms with E-state index in [1.165, 1.54) is 18.2 Å². The van der Waals surface area contributed by atoms with Crippen molar-refractivity contribution in [3.63, 3.8) is 0 Å². The smallest absolute Gasteiger partial charge is 0.392 e. The third kappa shape index (κ3) is 3.99. The van der Waals surface area contributed by atoms with Gasteiger partial charge in [-0.05, 0) is 18.2 Å². The number of hydrogen-bond acceptors (Lipinski definition) is 2. The third-order valence-corrected chi connectivity index (χ3v) is 1.94. The SMILES string of the molecule is N#Cc1cc(Cl)ccc1OCCC(F)(F)F. The fourth-order valence-electron chi connectivity index (χ4n) is 0.992. The van der Waals surface area contributed by atoms with Crippen molar-refractivity contribution in [1.82, 2.24) is 0 Å². The monoisotopic (exact) mass is 249 g/mol. The second-order valence-electron chi connectivity index (χ2n) is 2.97. The molecule has 0 amide bonds. The zero-order valence-corrected chi connectivity index (χ0v) is 8.77. The molecule has 86 valence electrons. The molecule has 0 aromatic heterocycles. The van der Waals surface area contributed by atoms with Gasteiger partial charge in [0.25, 0.3) is 0 Å². The van der Waals surface area contributed by atoms with Crippen molar-refractivity contribution in [1.29, 1.82) is 5.26 Å². The van der Waals surface area contributed by atoms with Crippen LogP contribution in [0.3, 0.4) is 0 Å². The van der Waals surface area contributed by atoms with Gasteiger partial charge < -0.3 is 4.74 Å². The van der Waals surface area contributed by atoms with E-state index in [2.05, 4.69) is 0 Å². The Morgan fingerprint density at radius 1 is 1.38 bits per heavy atom. The third-order valence-electron chi connectivity index (χ3n) is 1.71. The Hall–Kier alpha value is -1.41. The topological polar surface area (TPSA) is 33.0 Å². The highest BCUT2D eigenvalue weighted by molar-refractivity contribution is 6.30. The Bertz CT molecular complexity index is 412. The highest BCUT2D eigenvalue weighted by Gasteiger charge is 2.26. The number of halogens is 4. The van der Waals surface area contributed by atoms with Gasteiger partial charge in [-0.3, -0.25) is 0 Å². The van der Waals surface area contributed by atoms with Crippen LogP contribution in [0.1, 0.15) is 12.0 Å². The maximum absolute atomic E-state index is 11.8. The van der Waals surface area contributed by atoms with E-state index in [9.17, 15) is 13.2 Å². The molecule has 6 heteroatoms. The van der Waals surface area contributed by atoms with Crippen molar-refractivity contribution in [3.8, 4) is 11.8 Å². The molecule has 0 aliphatic carbocycles. The summed E-state index contributed by atoms with van der Waals surface area (Å²) in [6.45, 7) is -0.514. The summed E-state index contributed by atoms with van der Waals surface area (Å²) in [5, 5.41) is 9.02. The summed E-state index contributed by atoms with van der Waals surface area (Å²) in [5.41, 5.74) is 0.120. The lowest BCUT2D eigenvalue weighted by molar-refractivity contribution is -0.139. The second kappa shape index (κ2) is 5.08. The molecule has 0 aliphatic heterocycles. The van der Waals surface area contributed by atoms with Gasteiger partial charge in [-0.2, -0.15) is 18.4 Å². The van der Waals surface area contributed by atoms with Crippen molar-refractivity contribution in [2.75, 3.05) is 6.61 Å². The summed E-state index contributed by atoms with van der Waals surface area (Å²) < 4.78 is 40.4. The highest BCUT2D eigenvalue weighted by Crippen LogP contribution is 2.24. The van der Waals surface area contributed by atoms with E-state index in [-0.39, 0.29) is 11.3 Å². The van der Waals surface area contributed by atoms with E-state index in [0.717, 1.165) is 0 Å². The van der Waals surface area contributed by atoms with E-state index in [4.69, 9.17) is 21.6 Å². The lowest BCUT2D eigenvalue weighted by Crippen LogP contribution is -2.13. The van der Waals surface area contributed by atoms with Crippen molar-refractivity contribution >= 4 is 11.6 Å². The van der Waals surface area contributed by atoms with Crippen molar-refractivity contribution in [3.05, 3.63) is 28.8 Å². The number of rotatable bonds is 3. The summed E-state index contributed by atoms with van der Waals surface area (Å²) >= 11 is 5.62. The molecule has 1 rings (SSSR count). The van der Waals surface area contributed by atoms with Gasteiger partial charge in [-0.15, -0.1) is 0 Å². The van der Waals surface area contributed by atoms with Gasteiger partial charge in [0.1, 0.15) is 11.8 Å². The van der Waals surface area contributed by atoms with Gasteiger partial charge >= 0.3 is 6.18 Å². The predicted molar refractivity (Wildman–Crippen MR) is 52.3 cm³/mol. The number of hydrogen-bond donors (Lipinski definition) is 0. The van der Waals surface area contributed by atoms with Gasteiger partial charge in [0.2, 0.25) is 0 Å². The second-order valence-corrected chi connectivity index (χ2v) is 3.40. The van der Waals surface area contributed by atoms with Crippen LogP contribution < -0.4 is 4.74 Å². The van der Waals surface area contributed by atoms with Crippen LogP contribution in [0.15, 0.2) is 18.2 Å². The van der Waals surface area contributed by atoms with Gasteiger partial charge in [0.15, 0.2) is 0 Å². The largest absolute Gasteiger partial charge is 0.492 e. The van der Waals surface area contributed by atoms with Gasteiger partial charge in [0, 0.05) is 5.02 Å². The molecule has 0 N–H and O–H groups in total. The number of nitriles is 1. The Kier molecular flexibility index (Phi) is 4.02. The molecular formula is C10H7ClF3NO. The minimum atomic E-state index is -4.26. The zero-order chi connectivity index (χ0) is 12.2. The molecule has 1 aromatic rings. The predicted octanol–water partition coefficient (Wildman–Crippen LogP) is 3.54. The fraction of sp³-hybridized carbons (Fsp3) is 0.300. The summed E-state index contributed by atoms with van der Waals surface area (Å²) in [5.74, 6) is 0.108.